The van der Waals surface area contributed by atoms with Crippen molar-refractivity contribution in [3.8, 4) is 0 Å². The summed E-state index contributed by atoms with van der Waals surface area (Å²) in [4.78, 5) is 13.1. The molecule has 1 amide bonds. The molecule has 0 bridgehead atoms. The Kier molecular flexibility index (Phi) is 6.07. The Labute approximate surface area is 144 Å². The summed E-state index contributed by atoms with van der Waals surface area (Å²) < 4.78 is 64.4. The molecule has 2 rings (SSSR count). The maximum absolute atomic E-state index is 12.7. The predicted molar refractivity (Wildman–Crippen MR) is 85.3 cm³/mol. The Hall–Kier alpha value is -1.65. The molecule has 0 aliphatic carbocycles. The van der Waals surface area contributed by atoms with Gasteiger partial charge in [-0.2, -0.15) is 13.2 Å². The molecule has 0 spiro atoms. The highest BCUT2D eigenvalue weighted by Crippen LogP contribution is 2.30. The number of amides is 1. The second kappa shape index (κ2) is 7.71. The van der Waals surface area contributed by atoms with Crippen LogP contribution in [0.15, 0.2) is 29.2 Å². The van der Waals surface area contributed by atoms with Gasteiger partial charge in [-0.25, -0.2) is 13.1 Å². The lowest BCUT2D eigenvalue weighted by Gasteiger charge is -2.31. The zero-order chi connectivity index (χ0) is 18.7. The van der Waals surface area contributed by atoms with Crippen molar-refractivity contribution < 1.29 is 26.4 Å². The Morgan fingerprint density at radius 3 is 2.48 bits per heavy atom. The Bertz CT molecular complexity index is 714. The van der Waals surface area contributed by atoms with E-state index in [0.717, 1.165) is 31.0 Å². The van der Waals surface area contributed by atoms with Gasteiger partial charge in [0.2, 0.25) is 15.9 Å². The van der Waals surface area contributed by atoms with Crippen LogP contribution in [0.5, 0.6) is 0 Å². The molecule has 25 heavy (non-hydrogen) atoms. The van der Waals surface area contributed by atoms with Gasteiger partial charge in [-0.3, -0.25) is 4.79 Å². The van der Waals surface area contributed by atoms with Crippen molar-refractivity contribution in [2.24, 2.45) is 0 Å². The molecular weight excluding hydrogens is 359 g/mol. The van der Waals surface area contributed by atoms with Gasteiger partial charge in [0.15, 0.2) is 0 Å². The molecule has 0 aromatic heterocycles. The smallest absolute Gasteiger partial charge is 0.341 e. The molecule has 0 atom stereocenters. The fraction of sp³-hybridized carbons (Fsp3) is 0.533. The number of likely N-dealkylation sites (tertiary alicyclic amines) is 1. The molecule has 1 aromatic carbocycles. The van der Waals surface area contributed by atoms with Gasteiger partial charge in [0.25, 0.3) is 0 Å². The summed E-state index contributed by atoms with van der Waals surface area (Å²) in [5.74, 6) is -0.398. The third kappa shape index (κ3) is 5.16. The van der Waals surface area contributed by atoms with E-state index < -0.39 is 39.1 Å². The van der Waals surface area contributed by atoms with Crippen molar-refractivity contribution in [2.75, 3.05) is 26.7 Å². The number of rotatable bonds is 5. The Morgan fingerprint density at radius 1 is 1.28 bits per heavy atom. The summed E-state index contributed by atoms with van der Waals surface area (Å²) in [6.45, 7) is 0.536. The van der Waals surface area contributed by atoms with Crippen LogP contribution in [0.1, 0.15) is 18.4 Å². The first-order valence-corrected chi connectivity index (χ1v) is 9.24. The molecule has 2 N–H and O–H groups in total. The first-order valence-electron chi connectivity index (χ1n) is 7.75. The van der Waals surface area contributed by atoms with Gasteiger partial charge in [0.05, 0.1) is 17.0 Å². The lowest BCUT2D eigenvalue weighted by Crippen LogP contribution is -2.47. The number of carbonyl (C=O) groups is 1. The van der Waals surface area contributed by atoms with Gasteiger partial charge in [-0.05, 0) is 38.1 Å². The molecule has 6 nitrogen and oxygen atoms in total. The van der Waals surface area contributed by atoms with Crippen molar-refractivity contribution in [1.82, 2.24) is 14.9 Å². The van der Waals surface area contributed by atoms with E-state index in [1.807, 2.05) is 7.05 Å². The van der Waals surface area contributed by atoms with Gasteiger partial charge in [0, 0.05) is 19.1 Å². The van der Waals surface area contributed by atoms with E-state index in [9.17, 15) is 26.4 Å². The summed E-state index contributed by atoms with van der Waals surface area (Å²) in [5, 5.41) is 3.12. The van der Waals surface area contributed by atoms with Crippen LogP contribution in [0.25, 0.3) is 0 Å². The van der Waals surface area contributed by atoms with Crippen LogP contribution in [0.3, 0.4) is 0 Å². The topological polar surface area (TPSA) is 78.5 Å². The van der Waals surface area contributed by atoms with Crippen LogP contribution >= 0.6 is 0 Å². The molecular formula is C15H20F3N3O3S. The van der Waals surface area contributed by atoms with Crippen LogP contribution in [0.2, 0.25) is 0 Å². The molecule has 0 radical (unpaired) electrons. The van der Waals surface area contributed by atoms with Crippen LogP contribution in [0, 0.1) is 0 Å². The van der Waals surface area contributed by atoms with Gasteiger partial charge in [0.1, 0.15) is 0 Å². The first kappa shape index (κ1) is 19.7. The highest BCUT2D eigenvalue weighted by molar-refractivity contribution is 7.89. The summed E-state index contributed by atoms with van der Waals surface area (Å²) >= 11 is 0. The molecule has 1 fully saturated rings. The summed E-state index contributed by atoms with van der Waals surface area (Å²) in [7, 11) is -2.36. The molecule has 140 valence electrons. The maximum Gasteiger partial charge on any atom is 0.416 e. The van der Waals surface area contributed by atoms with Crippen LogP contribution in [-0.2, 0) is 21.0 Å². The standard InChI is InChI=1S/C15H20F3N3O3S/c1-19-12-5-7-21(8-6-12)14(22)10-20-25(23,24)13-4-2-3-11(9-13)15(16,17)18/h2-4,9,12,19-20H,5-8,10H2,1H3. The molecule has 0 saturated carbocycles. The summed E-state index contributed by atoms with van der Waals surface area (Å²) in [6, 6.07) is 3.73. The van der Waals surface area contributed by atoms with E-state index in [1.54, 1.807) is 4.90 Å². The van der Waals surface area contributed by atoms with E-state index in [0.29, 0.717) is 25.2 Å². The molecule has 0 unspecified atom stereocenters. The molecule has 1 aromatic rings. The van der Waals surface area contributed by atoms with Crippen molar-refractivity contribution in [3.05, 3.63) is 29.8 Å². The van der Waals surface area contributed by atoms with Crippen molar-refractivity contribution in [1.29, 1.82) is 0 Å². The number of alkyl halides is 3. The Balaban J connectivity index is 1.99. The largest absolute Gasteiger partial charge is 0.416 e. The highest BCUT2D eigenvalue weighted by Gasteiger charge is 2.32. The second-order valence-corrected chi connectivity index (χ2v) is 7.56. The van der Waals surface area contributed by atoms with Crippen molar-refractivity contribution in [3.63, 3.8) is 0 Å². The minimum Gasteiger partial charge on any atom is -0.341 e. The normalized spacial score (nSPS) is 16.9. The van der Waals surface area contributed by atoms with Gasteiger partial charge >= 0.3 is 6.18 Å². The van der Waals surface area contributed by atoms with Crippen LogP contribution in [0.4, 0.5) is 13.2 Å². The summed E-state index contributed by atoms with van der Waals surface area (Å²) in [5.41, 5.74) is -1.06. The number of sulfonamides is 1. The SMILES string of the molecule is CNC1CCN(C(=O)CNS(=O)(=O)c2cccc(C(F)(F)F)c2)CC1. The first-order chi connectivity index (χ1) is 11.6. The van der Waals surface area contributed by atoms with Crippen molar-refractivity contribution >= 4 is 15.9 Å². The fourth-order valence-corrected chi connectivity index (χ4v) is 3.63. The van der Waals surface area contributed by atoms with Gasteiger partial charge in [-0.15, -0.1) is 0 Å². The van der Waals surface area contributed by atoms with Crippen molar-refractivity contribution in [2.45, 2.75) is 30.0 Å². The third-order valence-electron chi connectivity index (χ3n) is 4.14. The van der Waals surface area contributed by atoms with Crippen LogP contribution < -0.4 is 10.0 Å². The summed E-state index contributed by atoms with van der Waals surface area (Å²) in [6.07, 6.45) is -3.11. The number of nitrogens with one attached hydrogen (secondary N) is 2. The zero-order valence-electron chi connectivity index (χ0n) is 13.6. The van der Waals surface area contributed by atoms with Gasteiger partial charge < -0.3 is 10.2 Å². The number of piperidine rings is 1. The number of halogens is 3. The maximum atomic E-state index is 12.7. The van der Waals surface area contributed by atoms with E-state index in [-0.39, 0.29) is 0 Å². The van der Waals surface area contributed by atoms with E-state index in [1.165, 1.54) is 0 Å². The fourth-order valence-electron chi connectivity index (χ4n) is 2.61. The predicted octanol–water partition coefficient (Wildman–Crippen LogP) is 1.19. The van der Waals surface area contributed by atoms with E-state index >= 15 is 0 Å². The minimum absolute atomic E-state index is 0.325. The average Bonchev–Trinajstić information content (AvgIpc) is 2.59. The molecule has 1 saturated heterocycles. The quantitative estimate of drug-likeness (QED) is 0.806. The monoisotopic (exact) mass is 379 g/mol. The van der Waals surface area contributed by atoms with E-state index in [4.69, 9.17) is 0 Å². The number of hydrogen-bond acceptors (Lipinski definition) is 4. The number of nitrogens with zero attached hydrogens (tertiary/aromatic N) is 1. The van der Waals surface area contributed by atoms with Gasteiger partial charge in [-0.1, -0.05) is 6.07 Å². The average molecular weight is 379 g/mol. The number of carbonyl (C=O) groups excluding carboxylic acids is 1. The lowest BCUT2D eigenvalue weighted by atomic mass is 10.1. The third-order valence-corrected chi connectivity index (χ3v) is 5.54. The minimum atomic E-state index is -4.64. The van der Waals surface area contributed by atoms with Crippen LogP contribution in [-0.4, -0.2) is 51.9 Å². The molecule has 1 aliphatic heterocycles. The van der Waals surface area contributed by atoms with E-state index in [2.05, 4.69) is 10.0 Å². The Morgan fingerprint density at radius 2 is 1.92 bits per heavy atom. The highest BCUT2D eigenvalue weighted by atomic mass is 32.2. The number of benzene rings is 1. The molecule has 1 aliphatic rings. The molecule has 1 heterocycles. The lowest BCUT2D eigenvalue weighted by molar-refractivity contribution is -0.137. The second-order valence-electron chi connectivity index (χ2n) is 5.79. The number of hydrogen-bond donors (Lipinski definition) is 2. The zero-order valence-corrected chi connectivity index (χ0v) is 14.5. The molecule has 10 heteroatoms.